The van der Waals surface area contributed by atoms with E-state index in [9.17, 15) is 9.59 Å². The molecule has 2 aromatic carbocycles. The van der Waals surface area contributed by atoms with E-state index in [-0.39, 0.29) is 11.9 Å². The van der Waals surface area contributed by atoms with Gasteiger partial charge in [0.05, 0.1) is 13.2 Å². The van der Waals surface area contributed by atoms with Crippen LogP contribution in [0.1, 0.15) is 16.7 Å². The van der Waals surface area contributed by atoms with E-state index in [0.29, 0.717) is 26.3 Å². The van der Waals surface area contributed by atoms with E-state index < -0.39 is 6.04 Å². The molecule has 0 bridgehead atoms. The van der Waals surface area contributed by atoms with Gasteiger partial charge in [-0.2, -0.15) is 0 Å². The van der Waals surface area contributed by atoms with Crippen LogP contribution < -0.4 is 16.0 Å². The summed E-state index contributed by atoms with van der Waals surface area (Å²) in [5.74, 6) is -0.196. The van der Waals surface area contributed by atoms with Gasteiger partial charge in [0.15, 0.2) is 0 Å². The van der Waals surface area contributed by atoms with Gasteiger partial charge in [0.2, 0.25) is 5.91 Å². The number of hydrogen-bond donors (Lipinski definition) is 3. The Balaban J connectivity index is 1.52. The standard InChI is InChI=1S/C19H21N3O3/c23-18(17-11-21-19(24)22-17)20-10-15-8-4-5-9-16(15)13-25-12-14-6-2-1-3-7-14/h1-9,17H,10-13H2,(H,20,23)(H2,21,22,24). The molecule has 0 spiro atoms. The summed E-state index contributed by atoms with van der Waals surface area (Å²) >= 11 is 0. The molecule has 25 heavy (non-hydrogen) atoms. The summed E-state index contributed by atoms with van der Waals surface area (Å²) in [5, 5.41) is 8.00. The Morgan fingerprint density at radius 2 is 1.76 bits per heavy atom. The molecule has 1 aliphatic heterocycles. The van der Waals surface area contributed by atoms with E-state index in [2.05, 4.69) is 16.0 Å². The Kier molecular flexibility index (Phi) is 5.64. The molecule has 0 aromatic heterocycles. The zero-order chi connectivity index (χ0) is 17.5. The summed E-state index contributed by atoms with van der Waals surface area (Å²) in [6, 6.07) is 17.0. The number of nitrogens with one attached hydrogen (secondary N) is 3. The first-order valence-electron chi connectivity index (χ1n) is 8.23. The summed E-state index contributed by atoms with van der Waals surface area (Å²) in [6.07, 6.45) is 0. The van der Waals surface area contributed by atoms with Crippen molar-refractivity contribution in [2.24, 2.45) is 0 Å². The van der Waals surface area contributed by atoms with Gasteiger partial charge in [0, 0.05) is 13.1 Å². The number of ether oxygens (including phenoxy) is 1. The number of carbonyl (C=O) groups excluding carboxylic acids is 2. The van der Waals surface area contributed by atoms with E-state index >= 15 is 0 Å². The van der Waals surface area contributed by atoms with Gasteiger partial charge < -0.3 is 20.7 Å². The monoisotopic (exact) mass is 339 g/mol. The molecule has 0 aliphatic carbocycles. The molecule has 2 aromatic rings. The van der Waals surface area contributed by atoms with Crippen molar-refractivity contribution in [3.05, 3.63) is 71.3 Å². The summed E-state index contributed by atoms with van der Waals surface area (Å²) < 4.78 is 5.79. The maximum atomic E-state index is 12.1. The van der Waals surface area contributed by atoms with Crippen LogP contribution in [0.25, 0.3) is 0 Å². The van der Waals surface area contributed by atoms with Crippen LogP contribution in [-0.4, -0.2) is 24.5 Å². The lowest BCUT2D eigenvalue weighted by atomic mass is 10.1. The summed E-state index contributed by atoms with van der Waals surface area (Å²) in [4.78, 5) is 23.2. The fourth-order valence-corrected chi connectivity index (χ4v) is 2.64. The fourth-order valence-electron chi connectivity index (χ4n) is 2.64. The zero-order valence-corrected chi connectivity index (χ0v) is 13.8. The molecule has 1 saturated heterocycles. The second-order valence-electron chi connectivity index (χ2n) is 5.87. The van der Waals surface area contributed by atoms with Gasteiger partial charge in [-0.05, 0) is 16.7 Å². The maximum Gasteiger partial charge on any atom is 0.315 e. The molecular weight excluding hydrogens is 318 g/mol. The molecule has 3 N–H and O–H groups in total. The van der Waals surface area contributed by atoms with Gasteiger partial charge in [-0.3, -0.25) is 4.79 Å². The molecular formula is C19H21N3O3. The molecule has 6 heteroatoms. The van der Waals surface area contributed by atoms with Crippen molar-refractivity contribution in [3.8, 4) is 0 Å². The van der Waals surface area contributed by atoms with E-state index in [1.54, 1.807) is 0 Å². The first-order chi connectivity index (χ1) is 12.2. The van der Waals surface area contributed by atoms with Crippen LogP contribution in [0.4, 0.5) is 4.79 Å². The molecule has 6 nitrogen and oxygen atoms in total. The van der Waals surface area contributed by atoms with Gasteiger partial charge in [0.1, 0.15) is 6.04 Å². The maximum absolute atomic E-state index is 12.1. The minimum absolute atomic E-state index is 0.196. The number of rotatable bonds is 7. The Morgan fingerprint density at radius 3 is 2.48 bits per heavy atom. The Morgan fingerprint density at radius 1 is 1.04 bits per heavy atom. The minimum atomic E-state index is -0.519. The topological polar surface area (TPSA) is 79.5 Å². The van der Waals surface area contributed by atoms with Crippen molar-refractivity contribution in [3.63, 3.8) is 0 Å². The molecule has 1 unspecified atom stereocenters. The number of carbonyl (C=O) groups is 2. The fraction of sp³-hybridized carbons (Fsp3) is 0.263. The third-order valence-electron chi connectivity index (χ3n) is 4.03. The Bertz CT molecular complexity index is 734. The van der Waals surface area contributed by atoms with E-state index in [4.69, 9.17) is 4.74 Å². The van der Waals surface area contributed by atoms with Crippen molar-refractivity contribution in [2.45, 2.75) is 25.8 Å². The summed E-state index contributed by atoms with van der Waals surface area (Å²) in [6.45, 7) is 1.73. The lowest BCUT2D eigenvalue weighted by Gasteiger charge is -2.13. The second kappa shape index (κ2) is 8.30. The van der Waals surface area contributed by atoms with Crippen LogP contribution in [0, 0.1) is 0 Å². The van der Waals surface area contributed by atoms with Crippen LogP contribution in [0.5, 0.6) is 0 Å². The molecule has 1 atom stereocenters. The number of amides is 3. The Labute approximate surface area is 146 Å². The van der Waals surface area contributed by atoms with Gasteiger partial charge in [-0.25, -0.2) is 4.79 Å². The molecule has 0 saturated carbocycles. The van der Waals surface area contributed by atoms with Crippen LogP contribution in [0.3, 0.4) is 0 Å². The third kappa shape index (κ3) is 4.81. The van der Waals surface area contributed by atoms with Gasteiger partial charge in [-0.1, -0.05) is 54.6 Å². The summed E-state index contributed by atoms with van der Waals surface area (Å²) in [5.41, 5.74) is 3.16. The first kappa shape index (κ1) is 17.0. The molecule has 3 rings (SSSR count). The lowest BCUT2D eigenvalue weighted by Crippen LogP contribution is -2.42. The first-order valence-corrected chi connectivity index (χ1v) is 8.23. The van der Waals surface area contributed by atoms with Gasteiger partial charge in [0.25, 0.3) is 0 Å². The number of urea groups is 1. The molecule has 0 radical (unpaired) electrons. The predicted octanol–water partition coefficient (Wildman–Crippen LogP) is 1.70. The van der Waals surface area contributed by atoms with Crippen molar-refractivity contribution in [2.75, 3.05) is 6.54 Å². The largest absolute Gasteiger partial charge is 0.372 e. The number of hydrogen-bond acceptors (Lipinski definition) is 3. The highest BCUT2D eigenvalue weighted by Gasteiger charge is 2.26. The third-order valence-corrected chi connectivity index (χ3v) is 4.03. The number of benzene rings is 2. The zero-order valence-electron chi connectivity index (χ0n) is 13.8. The van der Waals surface area contributed by atoms with Crippen molar-refractivity contribution in [1.29, 1.82) is 0 Å². The van der Waals surface area contributed by atoms with Crippen LogP contribution in [0.15, 0.2) is 54.6 Å². The van der Waals surface area contributed by atoms with Gasteiger partial charge >= 0.3 is 6.03 Å². The molecule has 130 valence electrons. The molecule has 1 heterocycles. The van der Waals surface area contributed by atoms with Crippen LogP contribution in [0.2, 0.25) is 0 Å². The lowest BCUT2D eigenvalue weighted by molar-refractivity contribution is -0.122. The molecule has 1 aliphatic rings. The predicted molar refractivity (Wildman–Crippen MR) is 93.5 cm³/mol. The molecule has 3 amide bonds. The Hall–Kier alpha value is -2.86. The highest BCUT2D eigenvalue weighted by atomic mass is 16.5. The smallest absolute Gasteiger partial charge is 0.315 e. The minimum Gasteiger partial charge on any atom is -0.372 e. The van der Waals surface area contributed by atoms with Crippen molar-refractivity contribution < 1.29 is 14.3 Å². The van der Waals surface area contributed by atoms with Gasteiger partial charge in [-0.15, -0.1) is 0 Å². The quantitative estimate of drug-likeness (QED) is 0.718. The van der Waals surface area contributed by atoms with E-state index in [1.165, 1.54) is 0 Å². The highest BCUT2D eigenvalue weighted by Crippen LogP contribution is 2.12. The normalized spacial score (nSPS) is 16.2. The average Bonchev–Trinajstić information content (AvgIpc) is 3.08. The van der Waals surface area contributed by atoms with E-state index in [0.717, 1.165) is 16.7 Å². The van der Waals surface area contributed by atoms with Crippen LogP contribution >= 0.6 is 0 Å². The average molecular weight is 339 g/mol. The molecule has 1 fully saturated rings. The van der Waals surface area contributed by atoms with Crippen molar-refractivity contribution >= 4 is 11.9 Å². The van der Waals surface area contributed by atoms with Crippen LogP contribution in [-0.2, 0) is 29.3 Å². The summed E-state index contributed by atoms with van der Waals surface area (Å²) in [7, 11) is 0. The highest BCUT2D eigenvalue weighted by molar-refractivity contribution is 5.90. The second-order valence-corrected chi connectivity index (χ2v) is 5.87. The SMILES string of the molecule is O=C1NCC(C(=O)NCc2ccccc2COCc2ccccc2)N1. The van der Waals surface area contributed by atoms with E-state index in [1.807, 2.05) is 54.6 Å². The van der Waals surface area contributed by atoms with Crippen molar-refractivity contribution in [1.82, 2.24) is 16.0 Å².